The molecule has 0 spiro atoms. The van der Waals surface area contributed by atoms with Crippen LogP contribution in [0.5, 0.6) is 5.75 Å². The molecule has 2 rings (SSSR count). The fourth-order valence-electron chi connectivity index (χ4n) is 1.93. The Morgan fingerprint density at radius 2 is 1.71 bits per heavy atom. The van der Waals surface area contributed by atoms with Gasteiger partial charge in [-0.15, -0.1) is 0 Å². The minimum atomic E-state index is -1.28. The number of likely N-dealkylation sites (N-methyl/N-ethyl adjacent to an activating group) is 1. The lowest BCUT2D eigenvalue weighted by Gasteiger charge is -2.31. The first kappa shape index (κ1) is 17.5. The van der Waals surface area contributed by atoms with Gasteiger partial charge in [0.25, 0.3) is 5.91 Å². The van der Waals surface area contributed by atoms with Gasteiger partial charge in [-0.1, -0.05) is 0 Å². The summed E-state index contributed by atoms with van der Waals surface area (Å²) in [7, 11) is 1.48. The number of nitrogens with zero attached hydrogens (tertiary/aromatic N) is 2. The largest absolute Gasteiger partial charge is 0.489 e. The summed E-state index contributed by atoms with van der Waals surface area (Å²) in [5.41, 5.74) is 0.115. The molecule has 1 heterocycles. The Balaban J connectivity index is 2.03. The van der Waals surface area contributed by atoms with Crippen molar-refractivity contribution in [2.45, 2.75) is 26.0 Å². The number of carbonyl (C=O) groups is 2. The lowest BCUT2D eigenvalue weighted by atomic mass is 10.0. The average molecular weight is 328 g/mol. The fraction of sp³-hybridized carbons (Fsp3) is 0.278. The van der Waals surface area contributed by atoms with E-state index in [0.717, 1.165) is 5.56 Å². The molecular formula is C18H20N2O4. The van der Waals surface area contributed by atoms with E-state index in [9.17, 15) is 14.7 Å². The van der Waals surface area contributed by atoms with Crippen molar-refractivity contribution in [1.29, 1.82) is 0 Å². The summed E-state index contributed by atoms with van der Waals surface area (Å²) in [5.74, 6) is -0.790. The maximum Gasteiger partial charge on any atom is 0.329 e. The number of amides is 1. The van der Waals surface area contributed by atoms with Crippen LogP contribution in [-0.2, 0) is 11.4 Å². The molecule has 0 aliphatic carbocycles. The van der Waals surface area contributed by atoms with Crippen LogP contribution >= 0.6 is 0 Å². The third-order valence-corrected chi connectivity index (χ3v) is 3.92. The van der Waals surface area contributed by atoms with Crippen LogP contribution in [0.15, 0.2) is 48.8 Å². The van der Waals surface area contributed by atoms with Crippen molar-refractivity contribution in [3.8, 4) is 5.75 Å². The molecule has 6 heteroatoms. The van der Waals surface area contributed by atoms with Crippen LogP contribution in [0.2, 0.25) is 0 Å². The number of carboxylic acid groups (broad SMARTS) is 1. The first-order valence-corrected chi connectivity index (χ1v) is 7.45. The fourth-order valence-corrected chi connectivity index (χ4v) is 1.93. The normalized spacial score (nSPS) is 11.0. The lowest BCUT2D eigenvalue weighted by molar-refractivity contribution is -0.147. The van der Waals surface area contributed by atoms with Gasteiger partial charge in [0, 0.05) is 25.0 Å². The van der Waals surface area contributed by atoms with Gasteiger partial charge in [-0.25, -0.2) is 4.79 Å². The van der Waals surface area contributed by atoms with Crippen molar-refractivity contribution in [2.75, 3.05) is 7.05 Å². The molecule has 0 aliphatic heterocycles. The quantitative estimate of drug-likeness (QED) is 0.881. The van der Waals surface area contributed by atoms with E-state index in [1.165, 1.54) is 25.8 Å². The van der Waals surface area contributed by atoms with E-state index in [1.807, 2.05) is 12.1 Å². The van der Waals surface area contributed by atoms with Crippen LogP contribution in [-0.4, -0.2) is 39.5 Å². The maximum atomic E-state index is 12.4. The second-order valence-corrected chi connectivity index (χ2v) is 5.90. The van der Waals surface area contributed by atoms with Gasteiger partial charge in [-0.3, -0.25) is 9.78 Å². The highest BCUT2D eigenvalue weighted by Gasteiger charge is 2.35. The van der Waals surface area contributed by atoms with Crippen LogP contribution in [0.4, 0.5) is 0 Å². The molecule has 6 nitrogen and oxygen atoms in total. The van der Waals surface area contributed by atoms with Crippen molar-refractivity contribution in [3.63, 3.8) is 0 Å². The third kappa shape index (κ3) is 3.90. The Bertz CT molecular complexity index is 712. The van der Waals surface area contributed by atoms with Crippen molar-refractivity contribution in [3.05, 3.63) is 59.9 Å². The molecule has 0 radical (unpaired) electrons. The highest BCUT2D eigenvalue weighted by Crippen LogP contribution is 2.19. The number of benzene rings is 1. The van der Waals surface area contributed by atoms with Crippen LogP contribution in [0, 0.1) is 0 Å². The Labute approximate surface area is 140 Å². The molecule has 0 atom stereocenters. The number of aromatic nitrogens is 1. The summed E-state index contributed by atoms with van der Waals surface area (Å²) < 4.78 is 5.65. The summed E-state index contributed by atoms with van der Waals surface area (Å²) >= 11 is 0. The molecule has 0 bridgehead atoms. The van der Waals surface area contributed by atoms with Gasteiger partial charge in [0.1, 0.15) is 17.9 Å². The van der Waals surface area contributed by atoms with Crippen LogP contribution in [0.25, 0.3) is 0 Å². The predicted octanol–water partition coefficient (Wildman–Crippen LogP) is 2.60. The zero-order chi connectivity index (χ0) is 17.7. The molecule has 2 aromatic rings. The predicted molar refractivity (Wildman–Crippen MR) is 88.8 cm³/mol. The Hall–Kier alpha value is -2.89. The zero-order valence-corrected chi connectivity index (χ0v) is 13.9. The topological polar surface area (TPSA) is 79.7 Å². The van der Waals surface area contributed by atoms with Crippen molar-refractivity contribution in [1.82, 2.24) is 9.88 Å². The Morgan fingerprint density at radius 3 is 2.25 bits per heavy atom. The van der Waals surface area contributed by atoms with Crippen LogP contribution in [0.1, 0.15) is 29.8 Å². The molecule has 1 aromatic heterocycles. The molecule has 24 heavy (non-hydrogen) atoms. The van der Waals surface area contributed by atoms with Gasteiger partial charge >= 0.3 is 5.97 Å². The van der Waals surface area contributed by atoms with Gasteiger partial charge in [0.2, 0.25) is 0 Å². The maximum absolute atomic E-state index is 12.4. The summed E-state index contributed by atoms with van der Waals surface area (Å²) in [6.45, 7) is 3.38. The smallest absolute Gasteiger partial charge is 0.329 e. The number of carbonyl (C=O) groups excluding carboxylic acids is 1. The molecule has 0 aliphatic rings. The van der Waals surface area contributed by atoms with E-state index in [1.54, 1.807) is 36.7 Å². The Morgan fingerprint density at radius 1 is 1.12 bits per heavy atom. The SMILES string of the molecule is CN(C(=O)c1ccc(OCc2ccncc2)cc1)C(C)(C)C(=O)O. The minimum Gasteiger partial charge on any atom is -0.489 e. The molecule has 1 amide bonds. The van der Waals surface area contributed by atoms with E-state index in [-0.39, 0.29) is 5.91 Å². The second-order valence-electron chi connectivity index (χ2n) is 5.90. The van der Waals surface area contributed by atoms with Crippen LogP contribution < -0.4 is 4.74 Å². The summed E-state index contributed by atoms with van der Waals surface area (Å²) in [6.07, 6.45) is 3.39. The standard InChI is InChI=1S/C18H20N2O4/c1-18(2,17(22)23)20(3)16(21)14-4-6-15(7-5-14)24-12-13-8-10-19-11-9-13/h4-11H,12H2,1-3H3,(H,22,23). The first-order valence-electron chi connectivity index (χ1n) is 7.45. The van der Waals surface area contributed by atoms with E-state index in [4.69, 9.17) is 4.74 Å². The van der Waals surface area contributed by atoms with Crippen molar-refractivity contribution in [2.24, 2.45) is 0 Å². The molecule has 0 fully saturated rings. The number of hydrogen-bond acceptors (Lipinski definition) is 4. The first-order chi connectivity index (χ1) is 11.3. The summed E-state index contributed by atoms with van der Waals surface area (Å²) in [5, 5.41) is 9.21. The molecule has 0 unspecified atom stereocenters. The minimum absolute atomic E-state index is 0.358. The number of aliphatic carboxylic acids is 1. The van der Waals surface area contributed by atoms with Gasteiger partial charge in [0.05, 0.1) is 0 Å². The van der Waals surface area contributed by atoms with E-state index in [2.05, 4.69) is 4.98 Å². The van der Waals surface area contributed by atoms with E-state index >= 15 is 0 Å². The number of pyridine rings is 1. The molecule has 1 N–H and O–H groups in total. The molecule has 126 valence electrons. The molecule has 0 saturated heterocycles. The monoisotopic (exact) mass is 328 g/mol. The third-order valence-electron chi connectivity index (χ3n) is 3.92. The van der Waals surface area contributed by atoms with E-state index in [0.29, 0.717) is 17.9 Å². The number of ether oxygens (including phenoxy) is 1. The van der Waals surface area contributed by atoms with Crippen molar-refractivity contribution >= 4 is 11.9 Å². The summed E-state index contributed by atoms with van der Waals surface area (Å²) in [6, 6.07) is 10.4. The van der Waals surface area contributed by atoms with Crippen LogP contribution in [0.3, 0.4) is 0 Å². The van der Waals surface area contributed by atoms with Gasteiger partial charge in [-0.05, 0) is 55.8 Å². The zero-order valence-electron chi connectivity index (χ0n) is 13.9. The lowest BCUT2D eigenvalue weighted by Crippen LogP contribution is -2.50. The molecule has 0 saturated carbocycles. The number of rotatable bonds is 6. The van der Waals surface area contributed by atoms with Gasteiger partial charge < -0.3 is 14.7 Å². The average Bonchev–Trinajstić information content (AvgIpc) is 2.60. The van der Waals surface area contributed by atoms with Crippen molar-refractivity contribution < 1.29 is 19.4 Å². The van der Waals surface area contributed by atoms with Gasteiger partial charge in [0.15, 0.2) is 0 Å². The molecular weight excluding hydrogens is 308 g/mol. The number of carboxylic acids is 1. The van der Waals surface area contributed by atoms with E-state index < -0.39 is 11.5 Å². The second kappa shape index (κ2) is 7.12. The highest BCUT2D eigenvalue weighted by molar-refractivity contribution is 5.97. The number of hydrogen-bond donors (Lipinski definition) is 1. The Kier molecular flexibility index (Phi) is 5.18. The van der Waals surface area contributed by atoms with Gasteiger partial charge in [-0.2, -0.15) is 0 Å². The molecule has 1 aromatic carbocycles. The highest BCUT2D eigenvalue weighted by atomic mass is 16.5. The summed E-state index contributed by atoms with van der Waals surface area (Å²) in [4.78, 5) is 28.8.